The van der Waals surface area contributed by atoms with E-state index in [1.165, 1.54) is 11.8 Å². The smallest absolute Gasteiger partial charge is 0.295 e. The van der Waals surface area contributed by atoms with Crippen LogP contribution >= 0.6 is 11.8 Å². The van der Waals surface area contributed by atoms with Gasteiger partial charge in [-0.15, -0.1) is 10.1 Å². The minimum atomic E-state index is -1.18. The summed E-state index contributed by atoms with van der Waals surface area (Å²) < 4.78 is 0. The van der Waals surface area contributed by atoms with Gasteiger partial charge in [-0.25, -0.2) is 0 Å². The number of amides is 1. The van der Waals surface area contributed by atoms with E-state index in [4.69, 9.17) is 0 Å². The summed E-state index contributed by atoms with van der Waals surface area (Å²) in [5.74, 6) is -0.475. The van der Waals surface area contributed by atoms with Gasteiger partial charge >= 0.3 is 0 Å². The van der Waals surface area contributed by atoms with Crippen LogP contribution in [-0.2, 0) is 9.63 Å². The average molecular weight is 316 g/mol. The maximum absolute atomic E-state index is 12.6. The Hall–Kier alpha value is -2.54. The molecule has 0 bridgehead atoms. The van der Waals surface area contributed by atoms with Crippen LogP contribution < -0.4 is 4.90 Å². The molecule has 7 heteroatoms. The molecular formula is C15H12N2O4S. The van der Waals surface area contributed by atoms with E-state index >= 15 is 0 Å². The Morgan fingerprint density at radius 3 is 2.14 bits per heavy atom. The zero-order valence-electron chi connectivity index (χ0n) is 11.6. The number of anilines is 2. The Labute approximate surface area is 130 Å². The summed E-state index contributed by atoms with van der Waals surface area (Å²) >= 11 is 1.56. The Kier molecular flexibility index (Phi) is 3.72. The molecule has 0 spiro atoms. The van der Waals surface area contributed by atoms with Gasteiger partial charge in [-0.2, -0.15) is 0 Å². The number of para-hydroxylation sites is 2. The topological polar surface area (TPSA) is 72.7 Å². The molecule has 6 nitrogen and oxygen atoms in total. The largest absolute Gasteiger partial charge is 0.301 e. The van der Waals surface area contributed by atoms with Crippen molar-refractivity contribution >= 4 is 29.0 Å². The second-order valence-electron chi connectivity index (χ2n) is 4.68. The van der Waals surface area contributed by atoms with Crippen molar-refractivity contribution in [1.82, 2.24) is 0 Å². The van der Waals surface area contributed by atoms with Crippen molar-refractivity contribution in [1.29, 1.82) is 0 Å². The van der Waals surface area contributed by atoms with Crippen molar-refractivity contribution in [2.45, 2.75) is 22.8 Å². The van der Waals surface area contributed by atoms with Gasteiger partial charge in [0.05, 0.1) is 11.4 Å². The molecule has 0 fully saturated rings. The third-order valence-electron chi connectivity index (χ3n) is 3.24. The third kappa shape index (κ3) is 2.50. The maximum atomic E-state index is 12.6. The normalized spacial score (nSPS) is 13.8. The van der Waals surface area contributed by atoms with Crippen molar-refractivity contribution in [3.63, 3.8) is 0 Å². The third-order valence-corrected chi connectivity index (χ3v) is 4.37. The van der Waals surface area contributed by atoms with Gasteiger partial charge in [0.25, 0.3) is 11.0 Å². The highest BCUT2D eigenvalue weighted by molar-refractivity contribution is 7.99. The van der Waals surface area contributed by atoms with Crippen LogP contribution in [0.25, 0.3) is 0 Å². The minimum Gasteiger partial charge on any atom is -0.301 e. The Morgan fingerprint density at radius 2 is 1.64 bits per heavy atom. The molecule has 22 heavy (non-hydrogen) atoms. The predicted octanol–water partition coefficient (Wildman–Crippen LogP) is 3.41. The highest BCUT2D eigenvalue weighted by Gasteiger charge is 2.32. The standard InChI is InChI=1S/C15H12N2O4S/c1-10(21-17(19)20)15(18)16-11-6-2-4-8-13(11)22-14-9-5-3-7-12(14)16/h2-10H,1H3. The van der Waals surface area contributed by atoms with Gasteiger partial charge in [0.15, 0.2) is 6.10 Å². The SMILES string of the molecule is CC(O[N+](=O)[O-])C(=O)N1c2ccccc2Sc2ccccc21. The maximum Gasteiger partial charge on any atom is 0.295 e. The molecule has 0 saturated heterocycles. The van der Waals surface area contributed by atoms with Crippen LogP contribution in [0.3, 0.4) is 0 Å². The molecule has 3 rings (SSSR count). The predicted molar refractivity (Wildman–Crippen MR) is 81.7 cm³/mol. The van der Waals surface area contributed by atoms with E-state index in [2.05, 4.69) is 4.84 Å². The number of fused-ring (bicyclic) bond motifs is 2. The van der Waals surface area contributed by atoms with Gasteiger partial charge in [0, 0.05) is 9.79 Å². The summed E-state index contributed by atoms with van der Waals surface area (Å²) in [6.07, 6.45) is -1.18. The lowest BCUT2D eigenvalue weighted by atomic mass is 10.2. The number of hydrogen-bond donors (Lipinski definition) is 0. The van der Waals surface area contributed by atoms with Crippen LogP contribution in [0, 0.1) is 10.1 Å². The number of carbonyl (C=O) groups is 1. The molecule has 0 aliphatic carbocycles. The van der Waals surface area contributed by atoms with Crippen LogP contribution in [0.2, 0.25) is 0 Å². The summed E-state index contributed by atoms with van der Waals surface area (Å²) in [4.78, 5) is 30.9. The molecule has 2 aromatic carbocycles. The molecule has 112 valence electrons. The fourth-order valence-corrected chi connectivity index (χ4v) is 3.36. The van der Waals surface area contributed by atoms with Crippen molar-refractivity contribution < 1.29 is 14.7 Å². The molecule has 1 unspecified atom stereocenters. The molecule has 1 atom stereocenters. The number of benzene rings is 2. The molecule has 1 heterocycles. The summed E-state index contributed by atoms with van der Waals surface area (Å²) in [5.41, 5.74) is 1.41. The second kappa shape index (κ2) is 5.69. The Morgan fingerprint density at radius 1 is 1.14 bits per heavy atom. The summed E-state index contributed by atoms with van der Waals surface area (Å²) in [5, 5.41) is 9.55. The van der Waals surface area contributed by atoms with E-state index in [1.807, 2.05) is 48.5 Å². The van der Waals surface area contributed by atoms with Crippen LogP contribution in [0.4, 0.5) is 11.4 Å². The van der Waals surface area contributed by atoms with Crippen molar-refractivity contribution in [2.24, 2.45) is 0 Å². The molecule has 0 saturated carbocycles. The molecular weight excluding hydrogens is 304 g/mol. The van der Waals surface area contributed by atoms with E-state index in [-0.39, 0.29) is 0 Å². The first-order chi connectivity index (χ1) is 10.6. The molecule has 0 N–H and O–H groups in total. The van der Waals surface area contributed by atoms with E-state index < -0.39 is 17.1 Å². The van der Waals surface area contributed by atoms with Crippen LogP contribution in [-0.4, -0.2) is 17.1 Å². The van der Waals surface area contributed by atoms with Crippen LogP contribution in [0.15, 0.2) is 58.3 Å². The zero-order valence-corrected chi connectivity index (χ0v) is 12.4. The van der Waals surface area contributed by atoms with E-state index in [0.29, 0.717) is 11.4 Å². The van der Waals surface area contributed by atoms with Gasteiger partial charge < -0.3 is 4.84 Å². The Balaban J connectivity index is 2.06. The highest BCUT2D eigenvalue weighted by atomic mass is 32.2. The molecule has 1 amide bonds. The van der Waals surface area contributed by atoms with Gasteiger partial charge in [-0.05, 0) is 31.2 Å². The number of rotatable bonds is 3. The Bertz CT molecular complexity index is 704. The number of hydrogen-bond acceptors (Lipinski definition) is 5. The fraction of sp³-hybridized carbons (Fsp3) is 0.133. The van der Waals surface area contributed by atoms with Crippen LogP contribution in [0.1, 0.15) is 6.92 Å². The number of nitrogens with zero attached hydrogens (tertiary/aromatic N) is 2. The molecule has 2 aromatic rings. The van der Waals surface area contributed by atoms with Crippen LogP contribution in [0.5, 0.6) is 0 Å². The molecule has 0 radical (unpaired) electrons. The summed E-state index contributed by atoms with van der Waals surface area (Å²) in [6.45, 7) is 1.37. The first-order valence-corrected chi connectivity index (χ1v) is 7.40. The van der Waals surface area contributed by atoms with Gasteiger partial charge in [-0.1, -0.05) is 36.0 Å². The minimum absolute atomic E-state index is 0.475. The second-order valence-corrected chi connectivity index (χ2v) is 5.77. The summed E-state index contributed by atoms with van der Waals surface area (Å²) in [6, 6.07) is 14.9. The lowest BCUT2D eigenvalue weighted by molar-refractivity contribution is -0.763. The van der Waals surface area contributed by atoms with E-state index in [1.54, 1.807) is 11.8 Å². The van der Waals surface area contributed by atoms with Gasteiger partial charge in [0.1, 0.15) is 0 Å². The zero-order chi connectivity index (χ0) is 15.7. The van der Waals surface area contributed by atoms with E-state index in [0.717, 1.165) is 9.79 Å². The van der Waals surface area contributed by atoms with E-state index in [9.17, 15) is 14.9 Å². The first kappa shape index (κ1) is 14.4. The molecule has 0 aromatic heterocycles. The highest BCUT2D eigenvalue weighted by Crippen LogP contribution is 2.48. The molecule has 1 aliphatic rings. The van der Waals surface area contributed by atoms with Gasteiger partial charge in [0.2, 0.25) is 0 Å². The quantitative estimate of drug-likeness (QED) is 0.641. The number of carbonyl (C=O) groups excluding carboxylic acids is 1. The monoisotopic (exact) mass is 316 g/mol. The van der Waals surface area contributed by atoms with Crippen molar-refractivity contribution in [3.8, 4) is 0 Å². The first-order valence-electron chi connectivity index (χ1n) is 6.59. The van der Waals surface area contributed by atoms with Crippen molar-refractivity contribution in [3.05, 3.63) is 58.6 Å². The fourth-order valence-electron chi connectivity index (χ4n) is 2.30. The summed E-state index contributed by atoms with van der Waals surface area (Å²) in [7, 11) is 0. The lowest BCUT2D eigenvalue weighted by Gasteiger charge is -2.32. The average Bonchev–Trinajstić information content (AvgIpc) is 2.51. The van der Waals surface area contributed by atoms with Crippen molar-refractivity contribution in [2.75, 3.05) is 4.90 Å². The molecule has 1 aliphatic heterocycles. The lowest BCUT2D eigenvalue weighted by Crippen LogP contribution is -2.38. The van der Waals surface area contributed by atoms with Gasteiger partial charge in [-0.3, -0.25) is 9.69 Å².